The summed E-state index contributed by atoms with van der Waals surface area (Å²) in [5.74, 6) is 0.252. The second-order valence-corrected chi connectivity index (χ2v) is 8.43. The molecule has 0 aromatic carbocycles. The van der Waals surface area contributed by atoms with Crippen molar-refractivity contribution in [3.8, 4) is 0 Å². The minimum Gasteiger partial charge on any atom is -0.308 e. The Kier molecular flexibility index (Phi) is 4.84. The quantitative estimate of drug-likeness (QED) is 0.822. The van der Waals surface area contributed by atoms with Gasteiger partial charge in [0.05, 0.1) is 5.75 Å². The van der Waals surface area contributed by atoms with Gasteiger partial charge in [0.25, 0.3) is 0 Å². The lowest BCUT2D eigenvalue weighted by atomic mass is 9.86. The molecule has 0 amide bonds. The van der Waals surface area contributed by atoms with Crippen LogP contribution in [0.25, 0.3) is 0 Å². The van der Waals surface area contributed by atoms with Gasteiger partial charge in [0, 0.05) is 37.0 Å². The lowest BCUT2D eigenvalue weighted by Gasteiger charge is -2.52. The lowest BCUT2D eigenvalue weighted by molar-refractivity contribution is 0.0221. The summed E-state index contributed by atoms with van der Waals surface area (Å²) in [4.78, 5) is 2.36. The zero-order chi connectivity index (χ0) is 14.0. The Balaban J connectivity index is 2.79. The summed E-state index contributed by atoms with van der Waals surface area (Å²) in [5.41, 5.74) is 0.172. The van der Waals surface area contributed by atoms with Gasteiger partial charge in [-0.05, 0) is 26.7 Å². The average Bonchev–Trinajstić information content (AvgIpc) is 2.30. The Morgan fingerprint density at radius 1 is 1.22 bits per heavy atom. The van der Waals surface area contributed by atoms with Crippen LogP contribution in [0.2, 0.25) is 0 Å². The third-order valence-electron chi connectivity index (χ3n) is 4.47. The predicted octanol–water partition coefficient (Wildman–Crippen LogP) is 1.27. The molecule has 0 aromatic heterocycles. The van der Waals surface area contributed by atoms with E-state index < -0.39 is 9.84 Å². The molecule has 1 aliphatic rings. The molecule has 1 fully saturated rings. The number of sulfone groups is 1. The van der Waals surface area contributed by atoms with E-state index in [1.165, 1.54) is 6.26 Å². The molecule has 1 rings (SSSR count). The molecule has 2 unspecified atom stereocenters. The van der Waals surface area contributed by atoms with Gasteiger partial charge < -0.3 is 5.32 Å². The maximum absolute atomic E-state index is 11.4. The Morgan fingerprint density at radius 3 is 2.28 bits per heavy atom. The van der Waals surface area contributed by atoms with Crippen LogP contribution >= 0.6 is 0 Å². The zero-order valence-corrected chi connectivity index (χ0v) is 13.2. The summed E-state index contributed by atoms with van der Waals surface area (Å²) in [5, 5.41) is 3.62. The normalized spacial score (nSPS) is 34.7. The first kappa shape index (κ1) is 15.9. The standard InChI is InChI=1S/C13H28N2O2S/c1-6-12(3)11-15(8-9-18(5,16)17)13(4,7-2)10-14-12/h14H,6-11H2,1-5H3. The summed E-state index contributed by atoms with van der Waals surface area (Å²) in [6.07, 6.45) is 3.41. The van der Waals surface area contributed by atoms with Gasteiger partial charge in [0.1, 0.15) is 9.84 Å². The zero-order valence-electron chi connectivity index (χ0n) is 12.4. The number of nitrogens with one attached hydrogen (secondary N) is 1. The molecule has 5 heteroatoms. The highest BCUT2D eigenvalue weighted by Crippen LogP contribution is 2.28. The number of nitrogens with zero attached hydrogens (tertiary/aromatic N) is 1. The van der Waals surface area contributed by atoms with Gasteiger partial charge in [-0.2, -0.15) is 0 Å². The van der Waals surface area contributed by atoms with Crippen molar-refractivity contribution in [2.24, 2.45) is 0 Å². The summed E-state index contributed by atoms with van der Waals surface area (Å²) in [6.45, 7) is 11.3. The van der Waals surface area contributed by atoms with Crippen molar-refractivity contribution in [3.63, 3.8) is 0 Å². The molecule has 0 bridgehead atoms. The van der Waals surface area contributed by atoms with E-state index in [0.717, 1.165) is 25.9 Å². The monoisotopic (exact) mass is 276 g/mol. The van der Waals surface area contributed by atoms with Crippen LogP contribution in [0.15, 0.2) is 0 Å². The van der Waals surface area contributed by atoms with E-state index in [-0.39, 0.29) is 16.8 Å². The highest BCUT2D eigenvalue weighted by molar-refractivity contribution is 7.90. The van der Waals surface area contributed by atoms with Crippen LogP contribution in [0.4, 0.5) is 0 Å². The summed E-state index contributed by atoms with van der Waals surface area (Å²) in [6, 6.07) is 0. The van der Waals surface area contributed by atoms with Crippen molar-refractivity contribution in [1.29, 1.82) is 0 Å². The molecular formula is C13H28N2O2S. The average molecular weight is 276 g/mol. The van der Waals surface area contributed by atoms with Gasteiger partial charge in [-0.15, -0.1) is 0 Å². The molecule has 1 saturated heterocycles. The van der Waals surface area contributed by atoms with Crippen molar-refractivity contribution in [2.75, 3.05) is 31.6 Å². The van der Waals surface area contributed by atoms with Gasteiger partial charge in [0.15, 0.2) is 0 Å². The Bertz CT molecular complexity index is 382. The van der Waals surface area contributed by atoms with Crippen molar-refractivity contribution in [1.82, 2.24) is 10.2 Å². The lowest BCUT2D eigenvalue weighted by Crippen LogP contribution is -2.68. The molecule has 0 aromatic rings. The number of piperazine rings is 1. The summed E-state index contributed by atoms with van der Waals surface area (Å²) in [7, 11) is -2.89. The van der Waals surface area contributed by atoms with Crippen LogP contribution < -0.4 is 5.32 Å². The van der Waals surface area contributed by atoms with Gasteiger partial charge in [-0.1, -0.05) is 13.8 Å². The Hall–Kier alpha value is -0.130. The maximum Gasteiger partial charge on any atom is 0.148 e. The van der Waals surface area contributed by atoms with Gasteiger partial charge in [-0.3, -0.25) is 4.90 Å². The minimum atomic E-state index is -2.89. The highest BCUT2D eigenvalue weighted by atomic mass is 32.2. The van der Waals surface area contributed by atoms with Crippen molar-refractivity contribution < 1.29 is 8.42 Å². The molecule has 2 atom stereocenters. The third-order valence-corrected chi connectivity index (χ3v) is 5.40. The predicted molar refractivity (Wildman–Crippen MR) is 76.7 cm³/mol. The second kappa shape index (κ2) is 5.47. The van der Waals surface area contributed by atoms with E-state index in [1.54, 1.807) is 0 Å². The molecule has 1 aliphatic heterocycles. The van der Waals surface area contributed by atoms with E-state index in [4.69, 9.17) is 0 Å². The van der Waals surface area contributed by atoms with Gasteiger partial charge in [-0.25, -0.2) is 8.42 Å². The molecule has 18 heavy (non-hydrogen) atoms. The van der Waals surface area contributed by atoms with E-state index in [0.29, 0.717) is 6.54 Å². The topological polar surface area (TPSA) is 49.4 Å². The molecule has 1 N–H and O–H groups in total. The van der Waals surface area contributed by atoms with E-state index in [1.807, 2.05) is 0 Å². The third kappa shape index (κ3) is 3.93. The first-order valence-electron chi connectivity index (χ1n) is 6.82. The van der Waals surface area contributed by atoms with E-state index in [2.05, 4.69) is 37.9 Å². The SMILES string of the molecule is CCC1(C)CN(CCS(C)(=O)=O)C(C)(CC)CN1. The molecule has 108 valence electrons. The van der Waals surface area contributed by atoms with Crippen molar-refractivity contribution in [3.05, 3.63) is 0 Å². The number of hydrogen-bond donors (Lipinski definition) is 1. The van der Waals surface area contributed by atoms with E-state index in [9.17, 15) is 8.42 Å². The number of hydrogen-bond acceptors (Lipinski definition) is 4. The fourth-order valence-corrected chi connectivity index (χ4v) is 2.95. The molecule has 0 saturated carbocycles. The second-order valence-electron chi connectivity index (χ2n) is 6.17. The molecule has 0 aliphatic carbocycles. The summed E-state index contributed by atoms with van der Waals surface area (Å²) >= 11 is 0. The van der Waals surface area contributed by atoms with Crippen LogP contribution in [0.3, 0.4) is 0 Å². The highest BCUT2D eigenvalue weighted by Gasteiger charge is 2.40. The van der Waals surface area contributed by atoms with Gasteiger partial charge >= 0.3 is 0 Å². The largest absolute Gasteiger partial charge is 0.308 e. The smallest absolute Gasteiger partial charge is 0.148 e. The molecule has 4 nitrogen and oxygen atoms in total. The fourth-order valence-electron chi connectivity index (χ4n) is 2.39. The van der Waals surface area contributed by atoms with Gasteiger partial charge in [0.2, 0.25) is 0 Å². The fraction of sp³-hybridized carbons (Fsp3) is 1.00. The van der Waals surface area contributed by atoms with E-state index >= 15 is 0 Å². The van der Waals surface area contributed by atoms with Crippen LogP contribution in [0, 0.1) is 0 Å². The Morgan fingerprint density at radius 2 is 1.83 bits per heavy atom. The molecular weight excluding hydrogens is 248 g/mol. The van der Waals surface area contributed by atoms with Crippen LogP contribution in [-0.4, -0.2) is 56.0 Å². The van der Waals surface area contributed by atoms with Crippen molar-refractivity contribution in [2.45, 2.75) is 51.6 Å². The Labute approximate surface area is 112 Å². The van der Waals surface area contributed by atoms with Crippen molar-refractivity contribution >= 4 is 9.84 Å². The molecule has 0 radical (unpaired) electrons. The maximum atomic E-state index is 11.4. The minimum absolute atomic E-state index is 0.0688. The first-order valence-corrected chi connectivity index (χ1v) is 8.88. The van der Waals surface area contributed by atoms with Crippen LogP contribution in [-0.2, 0) is 9.84 Å². The molecule has 1 heterocycles. The molecule has 0 spiro atoms. The number of rotatable bonds is 5. The summed E-state index contributed by atoms with van der Waals surface area (Å²) < 4.78 is 22.7. The first-order chi connectivity index (χ1) is 8.14. The van der Waals surface area contributed by atoms with Crippen LogP contribution in [0.5, 0.6) is 0 Å². The van der Waals surface area contributed by atoms with Crippen LogP contribution in [0.1, 0.15) is 40.5 Å².